The number of anilines is 1. The summed E-state index contributed by atoms with van der Waals surface area (Å²) in [5, 5.41) is 3.11. The van der Waals surface area contributed by atoms with Gasteiger partial charge in [-0.05, 0) is 31.2 Å². The van der Waals surface area contributed by atoms with Gasteiger partial charge in [0.15, 0.2) is 10.8 Å². The van der Waals surface area contributed by atoms with Crippen molar-refractivity contribution in [3.63, 3.8) is 0 Å². The van der Waals surface area contributed by atoms with Crippen molar-refractivity contribution in [1.29, 1.82) is 0 Å². The summed E-state index contributed by atoms with van der Waals surface area (Å²) in [4.78, 5) is 33.8. The Kier molecular flexibility index (Phi) is 5.41. The SMILES string of the molecule is CCN(C(C)=O)c1nc(/C=C2\N=C(c3ccc(Cl)cc3Cl)OC2=O)cs1. The van der Waals surface area contributed by atoms with Crippen LogP contribution in [0.3, 0.4) is 0 Å². The quantitative estimate of drug-likeness (QED) is 0.561. The summed E-state index contributed by atoms with van der Waals surface area (Å²) >= 11 is 13.3. The maximum absolute atomic E-state index is 12.1. The van der Waals surface area contributed by atoms with Gasteiger partial charge in [0, 0.05) is 23.9 Å². The molecule has 0 saturated carbocycles. The molecule has 1 aliphatic heterocycles. The van der Waals surface area contributed by atoms with E-state index in [1.165, 1.54) is 24.3 Å². The number of aromatic nitrogens is 1. The number of nitrogens with zero attached hydrogens (tertiary/aromatic N) is 3. The fourth-order valence-electron chi connectivity index (χ4n) is 2.29. The normalized spacial score (nSPS) is 15.2. The van der Waals surface area contributed by atoms with Crippen LogP contribution in [0.5, 0.6) is 0 Å². The minimum atomic E-state index is -0.598. The molecule has 1 aromatic carbocycles. The molecule has 26 heavy (non-hydrogen) atoms. The Labute approximate surface area is 163 Å². The molecule has 0 bridgehead atoms. The average Bonchev–Trinajstić information content (AvgIpc) is 3.16. The van der Waals surface area contributed by atoms with Gasteiger partial charge >= 0.3 is 5.97 Å². The Morgan fingerprint density at radius 2 is 2.15 bits per heavy atom. The number of hydrogen-bond donors (Lipinski definition) is 0. The summed E-state index contributed by atoms with van der Waals surface area (Å²) in [6, 6.07) is 4.81. The molecule has 3 rings (SSSR count). The van der Waals surface area contributed by atoms with E-state index >= 15 is 0 Å². The summed E-state index contributed by atoms with van der Waals surface area (Å²) < 4.78 is 5.19. The van der Waals surface area contributed by atoms with Gasteiger partial charge in [0.1, 0.15) is 0 Å². The number of benzene rings is 1. The van der Waals surface area contributed by atoms with Crippen LogP contribution < -0.4 is 4.90 Å². The molecule has 1 amide bonds. The van der Waals surface area contributed by atoms with Crippen molar-refractivity contribution in [2.24, 2.45) is 4.99 Å². The van der Waals surface area contributed by atoms with Crippen LogP contribution >= 0.6 is 34.5 Å². The number of carbonyl (C=O) groups excluding carboxylic acids is 2. The van der Waals surface area contributed by atoms with E-state index in [1.54, 1.807) is 28.5 Å². The molecule has 0 radical (unpaired) electrons. The lowest BCUT2D eigenvalue weighted by Gasteiger charge is -2.14. The van der Waals surface area contributed by atoms with E-state index < -0.39 is 5.97 Å². The van der Waals surface area contributed by atoms with Crippen molar-refractivity contribution in [3.05, 3.63) is 50.6 Å². The standard InChI is InChI=1S/C17H13Cl2N3O3S/c1-3-22(9(2)23)17-20-11(8-26-17)7-14-16(24)25-15(21-14)12-5-4-10(18)6-13(12)19/h4-8H,3H2,1-2H3/b14-7-. The first kappa shape index (κ1) is 18.6. The molecule has 0 fully saturated rings. The second-order valence-electron chi connectivity index (χ2n) is 5.28. The summed E-state index contributed by atoms with van der Waals surface area (Å²) in [5.74, 6) is -0.587. The third-order valence-corrected chi connectivity index (χ3v) is 4.93. The van der Waals surface area contributed by atoms with Crippen LogP contribution in [0.25, 0.3) is 6.08 Å². The largest absolute Gasteiger partial charge is 0.402 e. The van der Waals surface area contributed by atoms with E-state index in [-0.39, 0.29) is 17.5 Å². The smallest absolute Gasteiger partial charge is 0.363 e. The maximum Gasteiger partial charge on any atom is 0.363 e. The zero-order chi connectivity index (χ0) is 18.8. The van der Waals surface area contributed by atoms with Crippen molar-refractivity contribution in [1.82, 2.24) is 4.98 Å². The fraction of sp³-hybridized carbons (Fsp3) is 0.176. The molecule has 2 aromatic rings. The van der Waals surface area contributed by atoms with Crippen molar-refractivity contribution >= 4 is 63.5 Å². The number of halogens is 2. The Balaban J connectivity index is 1.89. The Hall–Kier alpha value is -2.22. The number of ether oxygens (including phenoxy) is 1. The first-order chi connectivity index (χ1) is 12.4. The molecule has 0 saturated heterocycles. The number of thiazole rings is 1. The summed E-state index contributed by atoms with van der Waals surface area (Å²) in [6.07, 6.45) is 1.51. The minimum absolute atomic E-state index is 0.0981. The van der Waals surface area contributed by atoms with Crippen LogP contribution in [0, 0.1) is 0 Å². The van der Waals surface area contributed by atoms with Crippen molar-refractivity contribution in [2.45, 2.75) is 13.8 Å². The highest BCUT2D eigenvalue weighted by molar-refractivity contribution is 7.14. The number of hydrogen-bond acceptors (Lipinski definition) is 6. The van der Waals surface area contributed by atoms with Gasteiger partial charge in [-0.25, -0.2) is 14.8 Å². The molecule has 134 valence electrons. The number of cyclic esters (lactones) is 1. The third-order valence-electron chi connectivity index (χ3n) is 3.50. The summed E-state index contributed by atoms with van der Waals surface area (Å²) in [5.41, 5.74) is 1.10. The minimum Gasteiger partial charge on any atom is -0.402 e. The molecule has 0 spiro atoms. The average molecular weight is 410 g/mol. The zero-order valence-electron chi connectivity index (χ0n) is 13.8. The predicted octanol–water partition coefficient (Wildman–Crippen LogP) is 4.17. The van der Waals surface area contributed by atoms with Crippen LogP contribution in [-0.4, -0.2) is 29.3 Å². The number of rotatable bonds is 4. The van der Waals surface area contributed by atoms with Gasteiger partial charge in [-0.3, -0.25) is 9.69 Å². The topological polar surface area (TPSA) is 71.9 Å². The van der Waals surface area contributed by atoms with Crippen LogP contribution in [-0.2, 0) is 14.3 Å². The first-order valence-corrected chi connectivity index (χ1v) is 9.24. The highest BCUT2D eigenvalue weighted by atomic mass is 35.5. The lowest BCUT2D eigenvalue weighted by atomic mass is 10.2. The Morgan fingerprint density at radius 1 is 1.38 bits per heavy atom. The van der Waals surface area contributed by atoms with Crippen LogP contribution in [0.4, 0.5) is 5.13 Å². The Morgan fingerprint density at radius 3 is 2.81 bits per heavy atom. The molecule has 1 aliphatic rings. The van der Waals surface area contributed by atoms with Crippen LogP contribution in [0.1, 0.15) is 25.1 Å². The zero-order valence-corrected chi connectivity index (χ0v) is 16.2. The first-order valence-electron chi connectivity index (χ1n) is 7.60. The second kappa shape index (κ2) is 7.57. The monoisotopic (exact) mass is 409 g/mol. The molecule has 0 unspecified atom stereocenters. The maximum atomic E-state index is 12.1. The Bertz CT molecular complexity index is 952. The van der Waals surface area contributed by atoms with E-state index in [0.29, 0.717) is 33.0 Å². The summed E-state index contributed by atoms with van der Waals surface area (Å²) in [7, 11) is 0. The number of amides is 1. The van der Waals surface area contributed by atoms with E-state index in [2.05, 4.69) is 9.98 Å². The van der Waals surface area contributed by atoms with E-state index in [9.17, 15) is 9.59 Å². The molecular formula is C17H13Cl2N3O3S. The highest BCUT2D eigenvalue weighted by Gasteiger charge is 2.26. The van der Waals surface area contributed by atoms with Crippen LogP contribution in [0.2, 0.25) is 10.0 Å². The van der Waals surface area contributed by atoms with Gasteiger partial charge < -0.3 is 4.74 Å². The molecule has 0 N–H and O–H groups in total. The van der Waals surface area contributed by atoms with Crippen molar-refractivity contribution in [3.8, 4) is 0 Å². The van der Waals surface area contributed by atoms with Gasteiger partial charge in [0.25, 0.3) is 0 Å². The molecule has 1 aromatic heterocycles. The molecule has 2 heterocycles. The molecular weight excluding hydrogens is 397 g/mol. The number of aliphatic imine (C=N–C) groups is 1. The van der Waals surface area contributed by atoms with Gasteiger partial charge in [-0.1, -0.05) is 23.2 Å². The van der Waals surface area contributed by atoms with Gasteiger partial charge in [0.2, 0.25) is 11.8 Å². The van der Waals surface area contributed by atoms with Gasteiger partial charge in [0.05, 0.1) is 16.3 Å². The van der Waals surface area contributed by atoms with Gasteiger partial charge in [-0.15, -0.1) is 11.3 Å². The fourth-order valence-corrected chi connectivity index (χ4v) is 3.67. The lowest BCUT2D eigenvalue weighted by molar-refractivity contribution is -0.130. The van der Waals surface area contributed by atoms with E-state index in [0.717, 1.165) is 0 Å². The van der Waals surface area contributed by atoms with Gasteiger partial charge in [-0.2, -0.15) is 0 Å². The predicted molar refractivity (Wildman–Crippen MR) is 103 cm³/mol. The molecule has 9 heteroatoms. The van der Waals surface area contributed by atoms with Crippen LogP contribution in [0.15, 0.2) is 34.3 Å². The third kappa shape index (κ3) is 3.80. The van der Waals surface area contributed by atoms with E-state index in [1.807, 2.05) is 6.92 Å². The van der Waals surface area contributed by atoms with Crippen molar-refractivity contribution < 1.29 is 14.3 Å². The van der Waals surface area contributed by atoms with E-state index in [4.69, 9.17) is 27.9 Å². The molecule has 6 nitrogen and oxygen atoms in total. The molecule has 0 atom stereocenters. The number of esters is 1. The highest BCUT2D eigenvalue weighted by Crippen LogP contribution is 2.27. The number of carbonyl (C=O) groups is 2. The lowest BCUT2D eigenvalue weighted by Crippen LogP contribution is -2.27. The summed E-state index contributed by atoms with van der Waals surface area (Å²) in [6.45, 7) is 3.85. The molecule has 0 aliphatic carbocycles. The van der Waals surface area contributed by atoms with Crippen molar-refractivity contribution in [2.75, 3.05) is 11.4 Å². The second-order valence-corrected chi connectivity index (χ2v) is 6.96.